The smallest absolute Gasteiger partial charge is 0.223 e. The molecule has 5 rings (SSSR count). The van der Waals surface area contributed by atoms with Gasteiger partial charge in [0, 0.05) is 24.5 Å². The van der Waals surface area contributed by atoms with E-state index < -0.39 is 5.72 Å². The van der Waals surface area contributed by atoms with Crippen LogP contribution in [0.3, 0.4) is 0 Å². The number of aliphatic imine (C=N–C) groups is 1. The van der Waals surface area contributed by atoms with Crippen molar-refractivity contribution >= 4 is 28.4 Å². The summed E-state index contributed by atoms with van der Waals surface area (Å²) in [4.78, 5) is 6.87. The molecule has 0 aromatic heterocycles. The second-order valence-electron chi connectivity index (χ2n) is 6.39. The third-order valence-electron chi connectivity index (χ3n) is 4.99. The molecule has 2 aliphatic heterocycles. The fourth-order valence-electron chi connectivity index (χ4n) is 3.69. The lowest BCUT2D eigenvalue weighted by molar-refractivity contribution is 0.154. The van der Waals surface area contributed by atoms with Crippen molar-refractivity contribution in [3.63, 3.8) is 0 Å². The summed E-state index contributed by atoms with van der Waals surface area (Å²) in [6.45, 7) is 0. The zero-order valence-corrected chi connectivity index (χ0v) is 13.2. The number of para-hydroxylation sites is 1. The summed E-state index contributed by atoms with van der Waals surface area (Å²) in [6, 6.07) is 17.6. The fourth-order valence-corrected chi connectivity index (χ4v) is 3.69. The van der Waals surface area contributed by atoms with E-state index in [4.69, 9.17) is 9.73 Å². The number of phenolic OH excluding ortho intramolecular Hbond substituents is 1. The fraction of sp³-hybridized carbons (Fsp3) is 0.150. The van der Waals surface area contributed by atoms with E-state index in [1.807, 2.05) is 37.5 Å². The summed E-state index contributed by atoms with van der Waals surface area (Å²) in [6.07, 6.45) is 2.65. The number of likely N-dealkylation sites (N-methyl/N-ethyl adjacent to an activating group) is 1. The molecule has 1 unspecified atom stereocenters. The number of anilines is 1. The van der Waals surface area contributed by atoms with Gasteiger partial charge in [-0.2, -0.15) is 0 Å². The van der Waals surface area contributed by atoms with Gasteiger partial charge < -0.3 is 14.7 Å². The van der Waals surface area contributed by atoms with Crippen LogP contribution in [0.1, 0.15) is 5.56 Å². The number of ether oxygens (including phenoxy) is 1. The molecule has 1 N–H and O–H groups in total. The zero-order valence-electron chi connectivity index (χ0n) is 13.2. The molecule has 1 spiro atoms. The molecule has 0 saturated heterocycles. The Hall–Kier alpha value is -3.01. The maximum atomic E-state index is 9.80. The van der Waals surface area contributed by atoms with Crippen LogP contribution in [0.25, 0.3) is 10.8 Å². The lowest BCUT2D eigenvalue weighted by Gasteiger charge is -2.37. The Morgan fingerprint density at radius 3 is 2.83 bits per heavy atom. The van der Waals surface area contributed by atoms with E-state index in [2.05, 4.69) is 23.1 Å². The summed E-state index contributed by atoms with van der Waals surface area (Å²) in [5.74, 6) is 0.979. The molecule has 0 radical (unpaired) electrons. The molecule has 1 atom stereocenters. The molecule has 3 aromatic carbocycles. The van der Waals surface area contributed by atoms with Crippen LogP contribution in [0.15, 0.2) is 59.6 Å². The van der Waals surface area contributed by atoms with Gasteiger partial charge >= 0.3 is 0 Å². The highest BCUT2D eigenvalue weighted by Crippen LogP contribution is 2.46. The Morgan fingerprint density at radius 1 is 1.12 bits per heavy atom. The van der Waals surface area contributed by atoms with E-state index in [-0.39, 0.29) is 5.75 Å². The molecule has 24 heavy (non-hydrogen) atoms. The number of hydrogen-bond donors (Lipinski definition) is 1. The van der Waals surface area contributed by atoms with Crippen LogP contribution >= 0.6 is 0 Å². The molecule has 2 aliphatic rings. The van der Waals surface area contributed by atoms with Gasteiger partial charge in [-0.15, -0.1) is 0 Å². The number of hydrogen-bond acceptors (Lipinski definition) is 4. The minimum absolute atomic E-state index is 0.233. The second-order valence-corrected chi connectivity index (χ2v) is 6.39. The van der Waals surface area contributed by atoms with Gasteiger partial charge in [-0.3, -0.25) is 4.99 Å². The number of fused-ring (bicyclic) bond motifs is 4. The Labute approximate surface area is 139 Å². The number of benzene rings is 3. The van der Waals surface area contributed by atoms with Crippen molar-refractivity contribution in [2.75, 3.05) is 11.9 Å². The van der Waals surface area contributed by atoms with E-state index in [1.165, 1.54) is 11.3 Å². The number of nitrogens with zero attached hydrogens (tertiary/aromatic N) is 2. The molecule has 118 valence electrons. The largest absolute Gasteiger partial charge is 0.508 e. The summed E-state index contributed by atoms with van der Waals surface area (Å²) < 4.78 is 6.42. The van der Waals surface area contributed by atoms with Crippen LogP contribution in [0.5, 0.6) is 11.5 Å². The van der Waals surface area contributed by atoms with E-state index in [0.717, 1.165) is 28.6 Å². The average Bonchev–Trinajstić information content (AvgIpc) is 2.86. The highest BCUT2D eigenvalue weighted by Gasteiger charge is 2.44. The van der Waals surface area contributed by atoms with Crippen molar-refractivity contribution in [2.45, 2.75) is 12.1 Å². The van der Waals surface area contributed by atoms with Crippen molar-refractivity contribution in [1.82, 2.24) is 0 Å². The maximum Gasteiger partial charge on any atom is 0.223 e. The van der Waals surface area contributed by atoms with Crippen LogP contribution in [0.2, 0.25) is 0 Å². The highest BCUT2D eigenvalue weighted by atomic mass is 16.5. The number of phenols is 1. The maximum absolute atomic E-state index is 9.80. The first-order valence-corrected chi connectivity index (χ1v) is 7.98. The molecule has 0 saturated carbocycles. The first-order valence-electron chi connectivity index (χ1n) is 7.98. The van der Waals surface area contributed by atoms with Gasteiger partial charge in [0.1, 0.15) is 17.2 Å². The molecular formula is C20H16N2O2. The third kappa shape index (κ3) is 1.71. The molecule has 4 nitrogen and oxygen atoms in total. The van der Waals surface area contributed by atoms with Crippen molar-refractivity contribution in [3.8, 4) is 11.5 Å². The standard InChI is InChI=1S/C20H16N2O2/c1-22-17-5-3-2-4-14(17)11-20(22)12-21-19-16-10-15(23)8-6-13(16)7-9-18(19)24-20/h2-10,12,23H,11H2,1H3. The second kappa shape index (κ2) is 4.51. The first kappa shape index (κ1) is 13.4. The molecule has 0 bridgehead atoms. The highest BCUT2D eigenvalue weighted by molar-refractivity contribution is 5.99. The van der Waals surface area contributed by atoms with E-state index in [1.54, 1.807) is 12.1 Å². The Morgan fingerprint density at radius 2 is 1.96 bits per heavy atom. The van der Waals surface area contributed by atoms with Gasteiger partial charge in [-0.25, -0.2) is 0 Å². The van der Waals surface area contributed by atoms with Crippen molar-refractivity contribution in [3.05, 3.63) is 60.2 Å². The third-order valence-corrected chi connectivity index (χ3v) is 4.99. The summed E-state index contributed by atoms with van der Waals surface area (Å²) >= 11 is 0. The minimum Gasteiger partial charge on any atom is -0.508 e. The molecular weight excluding hydrogens is 300 g/mol. The summed E-state index contributed by atoms with van der Waals surface area (Å²) in [7, 11) is 2.04. The molecule has 2 heterocycles. The van der Waals surface area contributed by atoms with Crippen LogP contribution in [-0.2, 0) is 6.42 Å². The van der Waals surface area contributed by atoms with Gasteiger partial charge in [0.25, 0.3) is 0 Å². The van der Waals surface area contributed by atoms with E-state index in [0.29, 0.717) is 0 Å². The van der Waals surface area contributed by atoms with Crippen molar-refractivity contribution in [1.29, 1.82) is 0 Å². The van der Waals surface area contributed by atoms with Gasteiger partial charge in [-0.05, 0) is 35.2 Å². The van der Waals surface area contributed by atoms with Crippen LogP contribution < -0.4 is 9.64 Å². The summed E-state index contributed by atoms with van der Waals surface area (Å²) in [5, 5.41) is 11.7. The van der Waals surface area contributed by atoms with Gasteiger partial charge in [0.05, 0.1) is 6.21 Å². The Kier molecular flexibility index (Phi) is 2.52. The van der Waals surface area contributed by atoms with Crippen molar-refractivity contribution in [2.24, 2.45) is 4.99 Å². The predicted molar refractivity (Wildman–Crippen MR) is 95.7 cm³/mol. The van der Waals surface area contributed by atoms with Crippen molar-refractivity contribution < 1.29 is 9.84 Å². The van der Waals surface area contributed by atoms with Crippen LogP contribution in [-0.4, -0.2) is 24.1 Å². The van der Waals surface area contributed by atoms with E-state index >= 15 is 0 Å². The summed E-state index contributed by atoms with van der Waals surface area (Å²) in [5.41, 5.74) is 2.62. The predicted octanol–water partition coefficient (Wildman–Crippen LogP) is 4.03. The van der Waals surface area contributed by atoms with Crippen LogP contribution in [0.4, 0.5) is 11.4 Å². The van der Waals surface area contributed by atoms with Crippen LogP contribution in [0, 0.1) is 0 Å². The molecule has 0 aliphatic carbocycles. The first-order chi connectivity index (χ1) is 11.7. The number of rotatable bonds is 0. The zero-order chi connectivity index (χ0) is 16.3. The topological polar surface area (TPSA) is 45.1 Å². The normalized spacial score (nSPS) is 21.0. The monoisotopic (exact) mass is 316 g/mol. The van der Waals surface area contributed by atoms with Gasteiger partial charge in [0.15, 0.2) is 0 Å². The van der Waals surface area contributed by atoms with Gasteiger partial charge in [-0.1, -0.05) is 30.3 Å². The SMILES string of the molecule is CN1c2ccccc2CC12C=Nc1c(ccc3ccc(O)cc13)O2. The lowest BCUT2D eigenvalue weighted by Crippen LogP contribution is -2.52. The Bertz CT molecular complexity index is 1010. The van der Waals surface area contributed by atoms with E-state index in [9.17, 15) is 5.11 Å². The quantitative estimate of drug-likeness (QED) is 0.681. The van der Waals surface area contributed by atoms with Gasteiger partial charge in [0.2, 0.25) is 5.72 Å². The average molecular weight is 316 g/mol. The molecule has 0 amide bonds. The molecule has 4 heteroatoms. The molecule has 0 fully saturated rings. The minimum atomic E-state index is -0.582. The molecule has 3 aromatic rings. The number of aromatic hydroxyl groups is 1. The Balaban J connectivity index is 1.65. The lowest BCUT2D eigenvalue weighted by atomic mass is 10.0.